The fourth-order valence-corrected chi connectivity index (χ4v) is 4.60. The summed E-state index contributed by atoms with van der Waals surface area (Å²) >= 11 is 0. The van der Waals surface area contributed by atoms with Crippen LogP contribution >= 0.6 is 0 Å². The first-order valence-corrected chi connectivity index (χ1v) is 15.3. The van der Waals surface area contributed by atoms with Crippen LogP contribution in [0.2, 0.25) is 0 Å². The number of allylic oxidation sites excluding steroid dienone is 6. The van der Waals surface area contributed by atoms with Crippen LogP contribution in [0.15, 0.2) is 53.1 Å². The topological polar surface area (TPSA) is 138 Å². The molecule has 1 fully saturated rings. The molecule has 10 heteroatoms. The van der Waals surface area contributed by atoms with Crippen LogP contribution < -0.4 is 21.8 Å². The highest BCUT2D eigenvalue weighted by atomic mass is 16.5. The normalized spacial score (nSPS) is 20.5. The Morgan fingerprint density at radius 2 is 1.79 bits per heavy atom. The third-order valence-electron chi connectivity index (χ3n) is 7.47. The second-order valence-electron chi connectivity index (χ2n) is 11.7. The molecule has 0 aliphatic carbocycles. The maximum absolute atomic E-state index is 13.3. The molecule has 1 rings (SSSR count). The van der Waals surface area contributed by atoms with Gasteiger partial charge in [-0.1, -0.05) is 66.3 Å². The molecule has 5 N–H and O–H groups in total. The fourth-order valence-electron chi connectivity index (χ4n) is 4.60. The number of ether oxygens (including phenoxy) is 1. The molecule has 0 saturated carbocycles. The highest BCUT2D eigenvalue weighted by Gasteiger charge is 2.31. The first kappa shape index (κ1) is 37.5. The summed E-state index contributed by atoms with van der Waals surface area (Å²) in [4.78, 5) is 42.5. The van der Waals surface area contributed by atoms with Crippen LogP contribution in [-0.4, -0.2) is 79.3 Å². The summed E-state index contributed by atoms with van der Waals surface area (Å²) in [7, 11) is 3.28. The second kappa shape index (κ2) is 18.9. The van der Waals surface area contributed by atoms with E-state index < -0.39 is 30.0 Å². The Hall–Kier alpha value is -3.53. The number of primary amides is 1. The summed E-state index contributed by atoms with van der Waals surface area (Å²) in [6, 6.07) is -1.52. The number of nitrogens with one attached hydrogen (secondary N) is 3. The highest BCUT2D eigenvalue weighted by Crippen LogP contribution is 2.17. The van der Waals surface area contributed by atoms with Crippen molar-refractivity contribution in [1.29, 1.82) is 0 Å². The Bertz CT molecular complexity index is 1120. The van der Waals surface area contributed by atoms with Crippen LogP contribution in [0.4, 0.5) is 0 Å². The second-order valence-corrected chi connectivity index (χ2v) is 11.7. The number of hydrazine groups is 1. The van der Waals surface area contributed by atoms with E-state index in [0.29, 0.717) is 13.0 Å². The molecule has 0 aromatic rings. The van der Waals surface area contributed by atoms with Crippen LogP contribution in [0, 0.1) is 17.8 Å². The zero-order chi connectivity index (χ0) is 32.7. The summed E-state index contributed by atoms with van der Waals surface area (Å²) in [5.41, 5.74) is 11.5. The Morgan fingerprint density at radius 1 is 1.12 bits per heavy atom. The first-order valence-electron chi connectivity index (χ1n) is 15.3. The van der Waals surface area contributed by atoms with E-state index in [1.165, 1.54) is 0 Å². The molecule has 3 amide bonds. The van der Waals surface area contributed by atoms with Gasteiger partial charge in [0.2, 0.25) is 17.7 Å². The largest absolute Gasteiger partial charge is 0.377 e. The van der Waals surface area contributed by atoms with Gasteiger partial charge < -0.3 is 21.1 Å². The standard InChI is InChI=1S/C33H54N6O4/c1-11-25(12-2)18-26(21(3)4)19-27(35-9)15-16-29(43-10)24(8)32(41)37-30(22(5)6)33(42)36-23(7)20-39-17-13-14-28(38-39)31(34)40/h11,15-16,18-24,28-30,38H,1,12-14,17H2,2-10H3,(H3-,34,36,37,40,41,42)/p+1/b16-15+,25-18+,26-19-,35-27?,39-20+. The van der Waals surface area contributed by atoms with Gasteiger partial charge in [0.15, 0.2) is 18.8 Å². The van der Waals surface area contributed by atoms with Crippen LogP contribution in [0.1, 0.15) is 67.7 Å². The summed E-state index contributed by atoms with van der Waals surface area (Å²) in [5, 5.41) is 5.87. The molecule has 5 unspecified atom stereocenters. The molecule has 1 aliphatic rings. The number of hydrazone groups is 1. The van der Waals surface area contributed by atoms with Crippen molar-refractivity contribution in [2.75, 3.05) is 20.7 Å². The summed E-state index contributed by atoms with van der Waals surface area (Å²) in [5.74, 6) is -1.42. The van der Waals surface area contributed by atoms with Gasteiger partial charge in [0.05, 0.1) is 17.7 Å². The Kier molecular flexibility index (Phi) is 16.5. The molecule has 10 nitrogen and oxygen atoms in total. The molecule has 5 atom stereocenters. The van der Waals surface area contributed by atoms with Crippen molar-refractivity contribution >= 4 is 29.6 Å². The van der Waals surface area contributed by atoms with E-state index in [4.69, 9.17) is 10.5 Å². The number of rotatable bonds is 16. The number of aliphatic imine (C=N–C) groups is 1. The number of hydrogen-bond donors (Lipinski definition) is 4. The van der Waals surface area contributed by atoms with E-state index >= 15 is 0 Å². The first-order chi connectivity index (χ1) is 20.3. The minimum absolute atomic E-state index is 0.151. The van der Waals surface area contributed by atoms with Crippen molar-refractivity contribution in [1.82, 2.24) is 16.1 Å². The molecule has 240 valence electrons. The van der Waals surface area contributed by atoms with Crippen molar-refractivity contribution in [3.63, 3.8) is 0 Å². The van der Waals surface area contributed by atoms with Crippen molar-refractivity contribution in [2.24, 2.45) is 28.5 Å². The van der Waals surface area contributed by atoms with E-state index in [9.17, 15) is 14.4 Å². The maximum atomic E-state index is 13.3. The monoisotopic (exact) mass is 599 g/mol. The number of nitrogens with two attached hydrogens (primary N) is 1. The predicted octanol–water partition coefficient (Wildman–Crippen LogP) is 3.25. The van der Waals surface area contributed by atoms with Crippen molar-refractivity contribution in [3.05, 3.63) is 48.1 Å². The lowest BCUT2D eigenvalue weighted by atomic mass is 9.97. The molecule has 1 aliphatic heterocycles. The minimum Gasteiger partial charge on any atom is -0.377 e. The highest BCUT2D eigenvalue weighted by molar-refractivity contribution is 6.04. The van der Waals surface area contributed by atoms with Gasteiger partial charge in [0, 0.05) is 20.6 Å². The van der Waals surface area contributed by atoms with Crippen LogP contribution in [0.25, 0.3) is 0 Å². The predicted molar refractivity (Wildman–Crippen MR) is 175 cm³/mol. The number of carbonyl (C=O) groups excluding carboxylic acids is 3. The smallest absolute Gasteiger partial charge is 0.245 e. The lowest BCUT2D eigenvalue weighted by molar-refractivity contribution is -0.597. The summed E-state index contributed by atoms with van der Waals surface area (Å²) in [6.45, 7) is 18.3. The van der Waals surface area contributed by atoms with Gasteiger partial charge in [0.1, 0.15) is 12.1 Å². The van der Waals surface area contributed by atoms with Gasteiger partial charge in [-0.2, -0.15) is 5.43 Å². The van der Waals surface area contributed by atoms with Crippen molar-refractivity contribution < 1.29 is 23.8 Å². The molecule has 1 heterocycles. The summed E-state index contributed by atoms with van der Waals surface area (Å²) in [6.07, 6.45) is 13.4. The number of amides is 3. The zero-order valence-corrected chi connectivity index (χ0v) is 27.6. The van der Waals surface area contributed by atoms with Gasteiger partial charge in [-0.15, -0.1) is 4.68 Å². The lowest BCUT2D eigenvalue weighted by Crippen LogP contribution is -2.55. The van der Waals surface area contributed by atoms with E-state index in [0.717, 1.165) is 29.7 Å². The molecular weight excluding hydrogens is 544 g/mol. The van der Waals surface area contributed by atoms with Crippen LogP contribution in [-0.2, 0) is 19.1 Å². The third-order valence-corrected chi connectivity index (χ3v) is 7.47. The van der Waals surface area contributed by atoms with Gasteiger partial charge in [-0.3, -0.25) is 19.4 Å². The Labute approximate surface area is 258 Å². The molecule has 0 radical (unpaired) electrons. The minimum atomic E-state index is -0.742. The van der Waals surface area contributed by atoms with Crippen molar-refractivity contribution in [3.8, 4) is 0 Å². The zero-order valence-electron chi connectivity index (χ0n) is 27.6. The Balaban J connectivity index is 2.98. The van der Waals surface area contributed by atoms with E-state index in [-0.39, 0.29) is 29.7 Å². The van der Waals surface area contributed by atoms with E-state index in [1.807, 2.05) is 51.3 Å². The molecule has 0 aromatic heterocycles. The van der Waals surface area contributed by atoms with Gasteiger partial charge in [-0.05, 0) is 54.9 Å². The van der Waals surface area contributed by atoms with Gasteiger partial charge >= 0.3 is 0 Å². The lowest BCUT2D eigenvalue weighted by Gasteiger charge is -2.26. The van der Waals surface area contributed by atoms with E-state index in [2.05, 4.69) is 54.5 Å². The molecule has 0 spiro atoms. The third kappa shape index (κ3) is 12.7. The molecule has 43 heavy (non-hydrogen) atoms. The maximum Gasteiger partial charge on any atom is 0.245 e. The quantitative estimate of drug-likeness (QED) is 0.123. The molecule has 1 saturated heterocycles. The molecule has 0 bridgehead atoms. The number of carbonyl (C=O) groups is 3. The number of nitrogens with zero attached hydrogens (tertiary/aromatic N) is 2. The summed E-state index contributed by atoms with van der Waals surface area (Å²) < 4.78 is 7.45. The Morgan fingerprint density at radius 3 is 2.30 bits per heavy atom. The molecular formula is C33H55N6O4+. The fraction of sp³-hybridized carbons (Fsp3) is 0.606. The number of methoxy groups -OCH3 is 1. The van der Waals surface area contributed by atoms with Crippen molar-refractivity contribution in [2.45, 2.75) is 92.0 Å². The van der Waals surface area contributed by atoms with Gasteiger partial charge in [-0.25, -0.2) is 0 Å². The van der Waals surface area contributed by atoms with Crippen LogP contribution in [0.5, 0.6) is 0 Å². The number of hydrogen-bond acceptors (Lipinski definition) is 6. The average molecular weight is 600 g/mol. The van der Waals surface area contributed by atoms with Gasteiger partial charge in [0.25, 0.3) is 0 Å². The SMILES string of the molecule is C=C/C(=C\C(=C\C(/C=C/C(OC)C(C)C(=O)NC(C(=O)NC(C)/C=[N+]1\CCCC(C(N)=O)N1)C(C)C)=NC)C(C)C)CC. The molecule has 0 aromatic carbocycles. The van der Waals surface area contributed by atoms with E-state index in [1.54, 1.807) is 25.8 Å². The average Bonchev–Trinajstić information content (AvgIpc) is 2.96. The van der Waals surface area contributed by atoms with Crippen LogP contribution in [0.3, 0.4) is 0 Å².